The zero-order chi connectivity index (χ0) is 17.0. The molecule has 0 fully saturated rings. The minimum Gasteiger partial charge on any atom is -0.497 e. The minimum absolute atomic E-state index is 0.240. The SMILES string of the molecule is CC=C=C(CC(C)(C)C)c1ccc(OC)cc1CC(C)(C)C. The van der Waals surface area contributed by atoms with Crippen LogP contribution in [0.2, 0.25) is 0 Å². The molecule has 0 aliphatic carbocycles. The molecule has 1 aromatic carbocycles. The number of hydrogen-bond acceptors (Lipinski definition) is 1. The fourth-order valence-electron chi connectivity index (χ4n) is 2.64. The first-order valence-corrected chi connectivity index (χ1v) is 8.13. The third-order valence-electron chi connectivity index (χ3n) is 3.38. The van der Waals surface area contributed by atoms with E-state index in [9.17, 15) is 0 Å². The lowest BCUT2D eigenvalue weighted by Gasteiger charge is -2.24. The van der Waals surface area contributed by atoms with Crippen molar-refractivity contribution in [2.24, 2.45) is 10.8 Å². The first-order chi connectivity index (χ1) is 10.1. The van der Waals surface area contributed by atoms with Crippen molar-refractivity contribution in [1.29, 1.82) is 0 Å². The summed E-state index contributed by atoms with van der Waals surface area (Å²) >= 11 is 0. The van der Waals surface area contributed by atoms with Crippen LogP contribution in [0, 0.1) is 10.8 Å². The Kier molecular flexibility index (Phi) is 6.08. The van der Waals surface area contributed by atoms with Crippen molar-refractivity contribution in [2.45, 2.75) is 61.3 Å². The van der Waals surface area contributed by atoms with Gasteiger partial charge in [0.1, 0.15) is 5.75 Å². The lowest BCUT2D eigenvalue weighted by atomic mass is 9.81. The van der Waals surface area contributed by atoms with E-state index in [1.165, 1.54) is 16.7 Å². The molecule has 0 N–H and O–H groups in total. The van der Waals surface area contributed by atoms with Crippen LogP contribution in [0.3, 0.4) is 0 Å². The maximum absolute atomic E-state index is 5.43. The minimum atomic E-state index is 0.240. The predicted molar refractivity (Wildman–Crippen MR) is 97.4 cm³/mol. The van der Waals surface area contributed by atoms with Gasteiger partial charge in [0.15, 0.2) is 0 Å². The van der Waals surface area contributed by atoms with E-state index in [0.717, 1.165) is 18.6 Å². The molecule has 0 amide bonds. The zero-order valence-electron chi connectivity index (χ0n) is 15.6. The first-order valence-electron chi connectivity index (χ1n) is 8.13. The highest BCUT2D eigenvalue weighted by molar-refractivity contribution is 5.69. The Balaban J connectivity index is 3.39. The van der Waals surface area contributed by atoms with Crippen LogP contribution in [0.25, 0.3) is 5.57 Å². The molecule has 0 aromatic heterocycles. The van der Waals surface area contributed by atoms with Crippen molar-refractivity contribution < 1.29 is 4.74 Å². The van der Waals surface area contributed by atoms with Crippen LogP contribution in [0.15, 0.2) is 30.0 Å². The summed E-state index contributed by atoms with van der Waals surface area (Å²) in [5.74, 6) is 0.929. The highest BCUT2D eigenvalue weighted by Gasteiger charge is 2.20. The van der Waals surface area contributed by atoms with Gasteiger partial charge in [-0.3, -0.25) is 0 Å². The van der Waals surface area contributed by atoms with Crippen LogP contribution in [0.1, 0.15) is 66.0 Å². The summed E-state index contributed by atoms with van der Waals surface area (Å²) in [7, 11) is 1.73. The van der Waals surface area contributed by atoms with Gasteiger partial charge >= 0.3 is 0 Å². The summed E-state index contributed by atoms with van der Waals surface area (Å²) in [4.78, 5) is 0. The molecule has 0 bridgehead atoms. The number of hydrogen-bond donors (Lipinski definition) is 0. The summed E-state index contributed by atoms with van der Waals surface area (Å²) in [5, 5.41) is 0. The molecule has 0 spiro atoms. The van der Waals surface area contributed by atoms with Gasteiger partial charge in [0.2, 0.25) is 0 Å². The van der Waals surface area contributed by atoms with E-state index < -0.39 is 0 Å². The number of rotatable bonds is 4. The van der Waals surface area contributed by atoms with E-state index in [-0.39, 0.29) is 10.8 Å². The molecule has 1 heteroatoms. The quantitative estimate of drug-likeness (QED) is 0.595. The van der Waals surface area contributed by atoms with Crippen molar-refractivity contribution >= 4 is 5.57 Å². The van der Waals surface area contributed by atoms with Crippen LogP contribution in [0.5, 0.6) is 5.75 Å². The molecular weight excluding hydrogens is 268 g/mol. The number of ether oxygens (including phenoxy) is 1. The van der Waals surface area contributed by atoms with Gasteiger partial charge in [0.25, 0.3) is 0 Å². The molecule has 0 unspecified atom stereocenters. The van der Waals surface area contributed by atoms with Gasteiger partial charge in [-0.15, -0.1) is 5.73 Å². The highest BCUT2D eigenvalue weighted by atomic mass is 16.5. The summed E-state index contributed by atoms with van der Waals surface area (Å²) in [6.07, 6.45) is 4.06. The van der Waals surface area contributed by atoms with Crippen molar-refractivity contribution in [2.75, 3.05) is 7.11 Å². The van der Waals surface area contributed by atoms with E-state index in [4.69, 9.17) is 4.74 Å². The Hall–Kier alpha value is -1.46. The van der Waals surface area contributed by atoms with E-state index in [2.05, 4.69) is 65.5 Å². The second-order valence-electron chi connectivity index (χ2n) is 8.41. The Labute approximate surface area is 137 Å². The normalized spacial score (nSPS) is 11.8. The molecule has 0 atom stereocenters. The van der Waals surface area contributed by atoms with E-state index in [1.54, 1.807) is 7.11 Å². The van der Waals surface area contributed by atoms with Crippen LogP contribution >= 0.6 is 0 Å². The molecule has 0 aliphatic heterocycles. The molecule has 0 heterocycles. The molecule has 22 heavy (non-hydrogen) atoms. The van der Waals surface area contributed by atoms with Gasteiger partial charge in [-0.2, -0.15) is 0 Å². The lowest BCUT2D eigenvalue weighted by Crippen LogP contribution is -2.12. The topological polar surface area (TPSA) is 9.23 Å². The summed E-state index contributed by atoms with van der Waals surface area (Å²) in [5.41, 5.74) is 7.90. The second kappa shape index (κ2) is 7.20. The average molecular weight is 300 g/mol. The average Bonchev–Trinajstić information content (AvgIpc) is 2.34. The summed E-state index contributed by atoms with van der Waals surface area (Å²) in [6, 6.07) is 6.43. The molecule has 122 valence electrons. The molecule has 1 aromatic rings. The third-order valence-corrected chi connectivity index (χ3v) is 3.38. The van der Waals surface area contributed by atoms with E-state index >= 15 is 0 Å². The Bertz CT molecular complexity index is 559. The molecule has 1 rings (SSSR count). The molecule has 0 radical (unpaired) electrons. The standard InChI is InChI=1S/C21H32O/c1-9-10-16(14-20(2,3)4)19-12-11-18(22-8)13-17(19)15-21(5,6)7/h9,11-13H,14-15H2,1-8H3. The maximum Gasteiger partial charge on any atom is 0.119 e. The predicted octanol–water partition coefficient (Wildman–Crippen LogP) is 6.28. The maximum atomic E-state index is 5.43. The number of methoxy groups -OCH3 is 1. The highest BCUT2D eigenvalue weighted by Crippen LogP contribution is 2.35. The molecular formula is C21H32O. The van der Waals surface area contributed by atoms with E-state index in [0.29, 0.717) is 0 Å². The summed E-state index contributed by atoms with van der Waals surface area (Å²) in [6.45, 7) is 15.7. The van der Waals surface area contributed by atoms with Crippen molar-refractivity contribution in [3.8, 4) is 5.75 Å². The lowest BCUT2D eigenvalue weighted by molar-refractivity contribution is 0.401. The van der Waals surface area contributed by atoms with Crippen LogP contribution in [-0.2, 0) is 6.42 Å². The van der Waals surface area contributed by atoms with Crippen LogP contribution in [-0.4, -0.2) is 7.11 Å². The first kappa shape index (κ1) is 18.6. The number of allylic oxidation sites excluding steroid dienone is 1. The van der Waals surface area contributed by atoms with Gasteiger partial charge < -0.3 is 4.74 Å². The molecule has 0 aliphatic rings. The van der Waals surface area contributed by atoms with Gasteiger partial charge in [0.05, 0.1) is 7.11 Å². The Morgan fingerprint density at radius 1 is 1.09 bits per heavy atom. The zero-order valence-corrected chi connectivity index (χ0v) is 15.6. The van der Waals surface area contributed by atoms with Gasteiger partial charge in [-0.25, -0.2) is 0 Å². The fraction of sp³-hybridized carbons (Fsp3) is 0.571. The van der Waals surface area contributed by atoms with E-state index in [1.807, 2.05) is 13.0 Å². The number of benzene rings is 1. The molecule has 1 nitrogen and oxygen atoms in total. The summed E-state index contributed by atoms with van der Waals surface area (Å²) < 4.78 is 5.43. The van der Waals surface area contributed by atoms with Gasteiger partial charge in [-0.1, -0.05) is 47.6 Å². The monoisotopic (exact) mass is 300 g/mol. The van der Waals surface area contributed by atoms with Gasteiger partial charge in [-0.05, 0) is 59.9 Å². The molecule has 0 saturated carbocycles. The van der Waals surface area contributed by atoms with Crippen molar-refractivity contribution in [1.82, 2.24) is 0 Å². The van der Waals surface area contributed by atoms with Crippen molar-refractivity contribution in [3.63, 3.8) is 0 Å². The third kappa shape index (κ3) is 6.12. The molecule has 0 saturated heterocycles. The van der Waals surface area contributed by atoms with Crippen LogP contribution in [0.4, 0.5) is 0 Å². The largest absolute Gasteiger partial charge is 0.497 e. The van der Waals surface area contributed by atoms with Crippen LogP contribution < -0.4 is 4.74 Å². The van der Waals surface area contributed by atoms with Crippen molar-refractivity contribution in [3.05, 3.63) is 41.1 Å². The smallest absolute Gasteiger partial charge is 0.119 e. The van der Waals surface area contributed by atoms with Gasteiger partial charge in [0, 0.05) is 5.57 Å². The Morgan fingerprint density at radius 2 is 1.73 bits per heavy atom. The Morgan fingerprint density at radius 3 is 2.18 bits per heavy atom. The second-order valence-corrected chi connectivity index (χ2v) is 8.41. The fourth-order valence-corrected chi connectivity index (χ4v) is 2.64.